The smallest absolute Gasteiger partial charge is 0.221 e. The van der Waals surface area contributed by atoms with E-state index in [0.717, 1.165) is 12.4 Å². The van der Waals surface area contributed by atoms with E-state index in [-0.39, 0.29) is 5.91 Å². The summed E-state index contributed by atoms with van der Waals surface area (Å²) in [6, 6.07) is 0. The molecule has 0 fully saturated rings. The Hall–Kier alpha value is -1.32. The quantitative estimate of drug-likeness (QED) is 0.440. The molecule has 0 atom stereocenters. The fraction of sp³-hybridized carbons (Fsp3) is 0.200. The molecule has 0 bridgehead atoms. The SMILES string of the molecule is CC(=O)N/C(C=N)=C/N. The van der Waals surface area contributed by atoms with Gasteiger partial charge in [0.2, 0.25) is 5.91 Å². The number of amides is 1. The highest BCUT2D eigenvalue weighted by Gasteiger charge is 1.91. The largest absolute Gasteiger partial charge is 0.403 e. The van der Waals surface area contributed by atoms with Crippen LogP contribution < -0.4 is 11.1 Å². The van der Waals surface area contributed by atoms with E-state index < -0.39 is 0 Å². The Morgan fingerprint density at radius 3 is 2.44 bits per heavy atom. The lowest BCUT2D eigenvalue weighted by molar-refractivity contribution is -0.118. The van der Waals surface area contributed by atoms with Gasteiger partial charge in [0.25, 0.3) is 0 Å². The molecule has 0 aromatic rings. The highest BCUT2D eigenvalue weighted by atomic mass is 16.1. The van der Waals surface area contributed by atoms with Gasteiger partial charge in [-0.2, -0.15) is 0 Å². The van der Waals surface area contributed by atoms with Crippen LogP contribution in [0.25, 0.3) is 0 Å². The van der Waals surface area contributed by atoms with Crippen LogP contribution in [0.3, 0.4) is 0 Å². The number of rotatable bonds is 2. The van der Waals surface area contributed by atoms with Crippen molar-refractivity contribution < 1.29 is 4.79 Å². The predicted octanol–water partition coefficient (Wildman–Crippen LogP) is -0.428. The number of hydrogen-bond acceptors (Lipinski definition) is 3. The second-order valence-electron chi connectivity index (χ2n) is 1.45. The van der Waals surface area contributed by atoms with Gasteiger partial charge in [0.05, 0.1) is 5.70 Å². The molecule has 0 aromatic heterocycles. The van der Waals surface area contributed by atoms with Crippen molar-refractivity contribution in [2.45, 2.75) is 6.92 Å². The van der Waals surface area contributed by atoms with Gasteiger partial charge in [-0.05, 0) is 0 Å². The summed E-state index contributed by atoms with van der Waals surface area (Å²) in [5, 5.41) is 9.00. The first-order chi connectivity index (χ1) is 4.20. The number of nitrogens with two attached hydrogens (primary N) is 1. The van der Waals surface area contributed by atoms with Crippen molar-refractivity contribution in [1.82, 2.24) is 5.32 Å². The van der Waals surface area contributed by atoms with Crippen LogP contribution in [-0.4, -0.2) is 12.1 Å². The molecule has 0 heterocycles. The molecule has 4 nitrogen and oxygen atoms in total. The molecule has 4 N–H and O–H groups in total. The lowest BCUT2D eigenvalue weighted by Gasteiger charge is -1.97. The topological polar surface area (TPSA) is 79.0 Å². The first-order valence-corrected chi connectivity index (χ1v) is 2.40. The third-order valence-electron chi connectivity index (χ3n) is 0.655. The minimum atomic E-state index is -0.227. The minimum Gasteiger partial charge on any atom is -0.403 e. The third-order valence-corrected chi connectivity index (χ3v) is 0.655. The Morgan fingerprint density at radius 1 is 1.78 bits per heavy atom. The van der Waals surface area contributed by atoms with Gasteiger partial charge in [-0.3, -0.25) is 4.79 Å². The normalized spacial score (nSPS) is 10.6. The zero-order chi connectivity index (χ0) is 7.28. The maximum atomic E-state index is 10.3. The summed E-state index contributed by atoms with van der Waals surface area (Å²) >= 11 is 0. The van der Waals surface area contributed by atoms with Gasteiger partial charge in [0.15, 0.2) is 0 Å². The fourth-order valence-electron chi connectivity index (χ4n) is 0.329. The van der Waals surface area contributed by atoms with Crippen LogP contribution in [0, 0.1) is 5.41 Å². The zero-order valence-corrected chi connectivity index (χ0v) is 5.14. The molecule has 0 aliphatic rings. The van der Waals surface area contributed by atoms with Crippen molar-refractivity contribution in [3.8, 4) is 0 Å². The van der Waals surface area contributed by atoms with Crippen molar-refractivity contribution in [2.24, 2.45) is 5.73 Å². The van der Waals surface area contributed by atoms with E-state index in [4.69, 9.17) is 11.1 Å². The van der Waals surface area contributed by atoms with Crippen LogP contribution in [0.5, 0.6) is 0 Å². The molecule has 0 rings (SSSR count). The maximum absolute atomic E-state index is 10.3. The number of allylic oxidation sites excluding steroid dienone is 1. The summed E-state index contributed by atoms with van der Waals surface area (Å²) < 4.78 is 0. The molecule has 0 spiro atoms. The molecule has 0 unspecified atom stereocenters. The Bertz CT molecular complexity index is 150. The molecule has 1 amide bonds. The summed E-state index contributed by atoms with van der Waals surface area (Å²) in [6.45, 7) is 1.35. The lowest BCUT2D eigenvalue weighted by Crippen LogP contribution is -2.20. The van der Waals surface area contributed by atoms with Crippen molar-refractivity contribution in [1.29, 1.82) is 5.41 Å². The first kappa shape index (κ1) is 7.68. The molecule has 0 aromatic carbocycles. The number of hydrogen-bond donors (Lipinski definition) is 3. The highest BCUT2D eigenvalue weighted by molar-refractivity contribution is 5.85. The Kier molecular flexibility index (Phi) is 3.12. The fourth-order valence-corrected chi connectivity index (χ4v) is 0.329. The van der Waals surface area contributed by atoms with Gasteiger partial charge in [0, 0.05) is 19.3 Å². The van der Waals surface area contributed by atoms with Crippen LogP contribution in [0.15, 0.2) is 11.9 Å². The summed E-state index contributed by atoms with van der Waals surface area (Å²) in [4.78, 5) is 10.3. The molecule has 0 saturated heterocycles. The average Bonchev–Trinajstić information content (AvgIpc) is 1.82. The second-order valence-corrected chi connectivity index (χ2v) is 1.45. The van der Waals surface area contributed by atoms with E-state index in [1.54, 1.807) is 0 Å². The van der Waals surface area contributed by atoms with E-state index >= 15 is 0 Å². The molecule has 4 heteroatoms. The summed E-state index contributed by atoms with van der Waals surface area (Å²) in [7, 11) is 0. The number of nitrogens with one attached hydrogen (secondary N) is 2. The Labute approximate surface area is 53.2 Å². The maximum Gasteiger partial charge on any atom is 0.221 e. The molecular formula is C5H9N3O. The van der Waals surface area contributed by atoms with Crippen LogP contribution in [0.4, 0.5) is 0 Å². The van der Waals surface area contributed by atoms with E-state index in [9.17, 15) is 4.79 Å². The van der Waals surface area contributed by atoms with Crippen molar-refractivity contribution in [3.63, 3.8) is 0 Å². The van der Waals surface area contributed by atoms with Crippen LogP contribution in [0.2, 0.25) is 0 Å². The Morgan fingerprint density at radius 2 is 2.33 bits per heavy atom. The molecule has 0 aliphatic carbocycles. The summed E-state index contributed by atoms with van der Waals surface area (Å²) in [5.41, 5.74) is 5.31. The molecular weight excluding hydrogens is 118 g/mol. The first-order valence-electron chi connectivity index (χ1n) is 2.40. The number of carbonyl (C=O) groups is 1. The predicted molar refractivity (Wildman–Crippen MR) is 34.9 cm³/mol. The minimum absolute atomic E-state index is 0.227. The summed E-state index contributed by atoms with van der Waals surface area (Å²) in [5.74, 6) is -0.227. The summed E-state index contributed by atoms with van der Waals surface area (Å²) in [6.07, 6.45) is 2.13. The van der Waals surface area contributed by atoms with Gasteiger partial charge in [-0.15, -0.1) is 0 Å². The van der Waals surface area contributed by atoms with E-state index in [2.05, 4.69) is 5.32 Å². The molecule has 0 radical (unpaired) electrons. The Balaban J connectivity index is 3.86. The lowest BCUT2D eigenvalue weighted by atomic mass is 10.5. The molecule has 50 valence electrons. The van der Waals surface area contributed by atoms with E-state index in [1.165, 1.54) is 6.92 Å². The van der Waals surface area contributed by atoms with Gasteiger partial charge in [-0.1, -0.05) is 0 Å². The monoisotopic (exact) mass is 127 g/mol. The van der Waals surface area contributed by atoms with E-state index in [1.807, 2.05) is 0 Å². The standard InChI is InChI=1S/C5H9N3O/c1-4(9)8-5(2-6)3-7/h2-3,6H,7H2,1H3,(H,8,9)/b5-3+,6-2?. The third kappa shape index (κ3) is 3.28. The van der Waals surface area contributed by atoms with Gasteiger partial charge in [-0.25, -0.2) is 0 Å². The molecule has 0 aliphatic heterocycles. The van der Waals surface area contributed by atoms with Gasteiger partial charge >= 0.3 is 0 Å². The van der Waals surface area contributed by atoms with Gasteiger partial charge in [0.1, 0.15) is 0 Å². The van der Waals surface area contributed by atoms with Gasteiger partial charge < -0.3 is 16.5 Å². The average molecular weight is 127 g/mol. The van der Waals surface area contributed by atoms with Crippen molar-refractivity contribution in [2.75, 3.05) is 0 Å². The highest BCUT2D eigenvalue weighted by Crippen LogP contribution is 1.76. The molecule has 9 heavy (non-hydrogen) atoms. The zero-order valence-electron chi connectivity index (χ0n) is 5.14. The van der Waals surface area contributed by atoms with Crippen LogP contribution in [0.1, 0.15) is 6.92 Å². The van der Waals surface area contributed by atoms with Crippen molar-refractivity contribution >= 4 is 12.1 Å². The number of carbonyl (C=O) groups excluding carboxylic acids is 1. The second kappa shape index (κ2) is 3.65. The van der Waals surface area contributed by atoms with E-state index in [0.29, 0.717) is 5.70 Å². The molecule has 0 saturated carbocycles. The van der Waals surface area contributed by atoms with Crippen LogP contribution >= 0.6 is 0 Å². The van der Waals surface area contributed by atoms with Crippen LogP contribution in [-0.2, 0) is 4.79 Å². The van der Waals surface area contributed by atoms with Crippen molar-refractivity contribution in [3.05, 3.63) is 11.9 Å².